The summed E-state index contributed by atoms with van der Waals surface area (Å²) in [4.78, 5) is 4.10. The Kier molecular flexibility index (Phi) is 6.25. The van der Waals surface area contributed by atoms with E-state index in [1.54, 1.807) is 12.4 Å². The maximum absolute atomic E-state index is 11.5. The van der Waals surface area contributed by atoms with E-state index in [4.69, 9.17) is 4.74 Å². The van der Waals surface area contributed by atoms with Crippen LogP contribution in [-0.2, 0) is 12.2 Å². The highest BCUT2D eigenvalue weighted by Gasteiger charge is 2.36. The first-order chi connectivity index (χ1) is 13.2. The Morgan fingerprint density at radius 3 is 2.19 bits per heavy atom. The summed E-state index contributed by atoms with van der Waals surface area (Å²) in [5, 5.41) is 11.5. The number of aliphatic hydroxyl groups is 1. The van der Waals surface area contributed by atoms with Crippen molar-refractivity contribution in [3.63, 3.8) is 0 Å². The van der Waals surface area contributed by atoms with Crippen molar-refractivity contribution in [3.05, 3.63) is 95.8 Å². The number of rotatable bonds is 8. The smallest absolute Gasteiger partial charge is 0.119 e. The summed E-state index contributed by atoms with van der Waals surface area (Å²) in [5.41, 5.74) is 2.24. The zero-order valence-electron chi connectivity index (χ0n) is 16.0. The Morgan fingerprint density at radius 1 is 0.926 bits per heavy atom. The molecule has 0 aliphatic carbocycles. The van der Waals surface area contributed by atoms with Crippen LogP contribution in [0, 0.1) is 0 Å². The van der Waals surface area contributed by atoms with Crippen molar-refractivity contribution in [1.29, 1.82) is 0 Å². The number of nitrogens with zero attached hydrogens (tertiary/aromatic N) is 1. The van der Waals surface area contributed by atoms with Crippen molar-refractivity contribution >= 4 is 0 Å². The molecular weight excluding hydrogens is 334 g/mol. The lowest BCUT2D eigenvalue weighted by Gasteiger charge is -2.36. The molecule has 3 nitrogen and oxygen atoms in total. The average molecular weight is 361 g/mol. The molecule has 0 aliphatic heterocycles. The second kappa shape index (κ2) is 8.83. The van der Waals surface area contributed by atoms with Crippen LogP contribution in [0.1, 0.15) is 49.3 Å². The van der Waals surface area contributed by atoms with Crippen molar-refractivity contribution in [2.45, 2.75) is 44.8 Å². The van der Waals surface area contributed by atoms with E-state index < -0.39 is 5.60 Å². The fraction of sp³-hybridized carbons (Fsp3) is 0.292. The van der Waals surface area contributed by atoms with E-state index in [2.05, 4.69) is 11.9 Å². The molecule has 3 heteroatoms. The van der Waals surface area contributed by atoms with E-state index in [9.17, 15) is 5.11 Å². The van der Waals surface area contributed by atoms with Gasteiger partial charge in [0.2, 0.25) is 0 Å². The van der Waals surface area contributed by atoms with Crippen molar-refractivity contribution in [2.75, 3.05) is 0 Å². The second-order valence-corrected chi connectivity index (χ2v) is 6.82. The van der Waals surface area contributed by atoms with Gasteiger partial charge in [-0.25, -0.2) is 0 Å². The molecule has 1 aromatic heterocycles. The third-order valence-electron chi connectivity index (χ3n) is 5.23. The van der Waals surface area contributed by atoms with Gasteiger partial charge >= 0.3 is 0 Å². The molecule has 0 saturated carbocycles. The van der Waals surface area contributed by atoms with Crippen LogP contribution in [0.4, 0.5) is 0 Å². The highest BCUT2D eigenvalue weighted by molar-refractivity contribution is 5.35. The van der Waals surface area contributed by atoms with Crippen LogP contribution >= 0.6 is 0 Å². The van der Waals surface area contributed by atoms with E-state index in [1.807, 2.05) is 73.7 Å². The second-order valence-electron chi connectivity index (χ2n) is 6.82. The Hall–Kier alpha value is -2.65. The van der Waals surface area contributed by atoms with Gasteiger partial charge in [0.25, 0.3) is 0 Å². The summed E-state index contributed by atoms with van der Waals surface area (Å²) < 4.78 is 5.87. The number of hydrogen-bond donors (Lipinski definition) is 1. The maximum Gasteiger partial charge on any atom is 0.119 e. The van der Waals surface area contributed by atoms with Crippen molar-refractivity contribution in [2.24, 2.45) is 0 Å². The molecule has 0 unspecified atom stereocenters. The maximum atomic E-state index is 11.5. The van der Waals surface area contributed by atoms with Gasteiger partial charge in [0.1, 0.15) is 12.4 Å². The van der Waals surface area contributed by atoms with Crippen LogP contribution in [-0.4, -0.2) is 10.1 Å². The Bertz CT molecular complexity index is 818. The molecule has 1 N–H and O–H groups in total. The quantitative estimate of drug-likeness (QED) is 0.580. The van der Waals surface area contributed by atoms with E-state index in [0.29, 0.717) is 13.0 Å². The molecule has 0 radical (unpaired) electrons. The lowest BCUT2D eigenvalue weighted by molar-refractivity contribution is 0.00141. The standard InChI is InChI=1S/C24H27NO2/c1-3-23(20-14-16-25-17-15-20)24(26,4-2)21-10-12-22(13-11-21)27-18-19-8-6-5-7-9-19/h5-17,23,26H,3-4,18H2,1-2H3/t23-,24-/m1/s1. The van der Waals surface area contributed by atoms with Gasteiger partial charge < -0.3 is 9.84 Å². The molecule has 0 amide bonds. The van der Waals surface area contributed by atoms with Gasteiger partial charge in [-0.1, -0.05) is 56.3 Å². The van der Waals surface area contributed by atoms with Crippen LogP contribution in [0.3, 0.4) is 0 Å². The number of aromatic nitrogens is 1. The molecule has 1 heterocycles. The monoisotopic (exact) mass is 361 g/mol. The Balaban J connectivity index is 1.78. The molecule has 0 bridgehead atoms. The molecule has 0 spiro atoms. The summed E-state index contributed by atoms with van der Waals surface area (Å²) in [7, 11) is 0. The summed E-state index contributed by atoms with van der Waals surface area (Å²) in [5.74, 6) is 0.819. The molecule has 3 aromatic rings. The van der Waals surface area contributed by atoms with Gasteiger partial charge in [-0.05, 0) is 53.8 Å². The molecule has 3 rings (SSSR count). The molecular formula is C24H27NO2. The third-order valence-corrected chi connectivity index (χ3v) is 5.23. The highest BCUT2D eigenvalue weighted by atomic mass is 16.5. The van der Waals surface area contributed by atoms with Gasteiger partial charge in [0.15, 0.2) is 0 Å². The summed E-state index contributed by atoms with van der Waals surface area (Å²) >= 11 is 0. The fourth-order valence-electron chi connectivity index (χ4n) is 3.68. The average Bonchev–Trinajstić information content (AvgIpc) is 2.74. The fourth-order valence-corrected chi connectivity index (χ4v) is 3.68. The predicted octanol–water partition coefficient (Wildman–Crippen LogP) is 5.45. The summed E-state index contributed by atoms with van der Waals surface area (Å²) in [6.45, 7) is 4.68. The van der Waals surface area contributed by atoms with Crippen LogP contribution in [0.5, 0.6) is 5.75 Å². The van der Waals surface area contributed by atoms with E-state index in [0.717, 1.165) is 28.9 Å². The number of benzene rings is 2. The highest BCUT2D eigenvalue weighted by Crippen LogP contribution is 2.42. The van der Waals surface area contributed by atoms with Crippen molar-refractivity contribution in [3.8, 4) is 5.75 Å². The normalized spacial score (nSPS) is 14.3. The largest absolute Gasteiger partial charge is 0.489 e. The molecule has 0 fully saturated rings. The van der Waals surface area contributed by atoms with Crippen molar-refractivity contribution in [1.82, 2.24) is 4.98 Å². The third kappa shape index (κ3) is 4.37. The van der Waals surface area contributed by atoms with Gasteiger partial charge in [-0.3, -0.25) is 4.98 Å². The molecule has 27 heavy (non-hydrogen) atoms. The number of ether oxygens (including phenoxy) is 1. The predicted molar refractivity (Wildman–Crippen MR) is 109 cm³/mol. The topological polar surface area (TPSA) is 42.4 Å². The van der Waals surface area contributed by atoms with E-state index in [-0.39, 0.29) is 5.92 Å². The molecule has 140 valence electrons. The minimum absolute atomic E-state index is 0.0154. The molecule has 2 atom stereocenters. The minimum atomic E-state index is -0.923. The Labute approximate surface area is 161 Å². The first-order valence-corrected chi connectivity index (χ1v) is 9.57. The molecule has 2 aromatic carbocycles. The summed E-state index contributed by atoms with van der Waals surface area (Å²) in [6.07, 6.45) is 5.06. The number of pyridine rings is 1. The van der Waals surface area contributed by atoms with Crippen LogP contribution in [0.2, 0.25) is 0 Å². The van der Waals surface area contributed by atoms with E-state index in [1.165, 1.54) is 0 Å². The lowest BCUT2D eigenvalue weighted by atomic mass is 9.74. The minimum Gasteiger partial charge on any atom is -0.489 e. The molecule has 0 aliphatic rings. The van der Waals surface area contributed by atoms with Gasteiger partial charge in [-0.2, -0.15) is 0 Å². The number of hydrogen-bond acceptors (Lipinski definition) is 3. The van der Waals surface area contributed by atoms with Crippen molar-refractivity contribution < 1.29 is 9.84 Å². The first-order valence-electron chi connectivity index (χ1n) is 9.57. The van der Waals surface area contributed by atoms with E-state index >= 15 is 0 Å². The zero-order chi connectivity index (χ0) is 19.1. The first kappa shape index (κ1) is 19.1. The molecule has 0 saturated heterocycles. The van der Waals surface area contributed by atoms with Gasteiger partial charge in [-0.15, -0.1) is 0 Å². The van der Waals surface area contributed by atoms with Crippen LogP contribution in [0.15, 0.2) is 79.1 Å². The van der Waals surface area contributed by atoms with Gasteiger partial charge in [0, 0.05) is 18.3 Å². The van der Waals surface area contributed by atoms with Crippen LogP contribution in [0.25, 0.3) is 0 Å². The Morgan fingerprint density at radius 2 is 1.59 bits per heavy atom. The van der Waals surface area contributed by atoms with Gasteiger partial charge in [0.05, 0.1) is 5.60 Å². The lowest BCUT2D eigenvalue weighted by Crippen LogP contribution is -2.32. The SMILES string of the molecule is CC[C@H](c1ccncc1)[C@@](O)(CC)c1ccc(OCc2ccccc2)cc1. The summed E-state index contributed by atoms with van der Waals surface area (Å²) in [6, 6.07) is 21.9. The van der Waals surface area contributed by atoms with Crippen LogP contribution < -0.4 is 4.74 Å². The zero-order valence-corrected chi connectivity index (χ0v) is 16.0.